The molecule has 0 amide bonds. The minimum absolute atomic E-state index is 0.00854. The molecular weight excluding hydrogens is 200 g/mol. The molecule has 2 heterocycles. The molecule has 1 saturated heterocycles. The lowest BCUT2D eigenvalue weighted by Gasteiger charge is -2.08. The normalized spacial score (nSPS) is 20.4. The van der Waals surface area contributed by atoms with E-state index in [1.54, 1.807) is 0 Å². The monoisotopic (exact) mass is 212 g/mol. The minimum atomic E-state index is -0.560. The third-order valence-electron chi connectivity index (χ3n) is 2.12. The summed E-state index contributed by atoms with van der Waals surface area (Å²) in [5, 5.41) is 5.91. The van der Waals surface area contributed by atoms with Gasteiger partial charge in [0.2, 0.25) is 11.8 Å². The molecule has 2 rings (SSSR count). The average molecular weight is 212 g/mol. The molecule has 0 saturated carbocycles. The van der Waals surface area contributed by atoms with E-state index in [0.29, 0.717) is 0 Å². The quantitative estimate of drug-likeness (QED) is 0.668. The van der Waals surface area contributed by atoms with Crippen LogP contribution in [0.4, 0.5) is 5.95 Å². The second-order valence-corrected chi connectivity index (χ2v) is 3.28. The summed E-state index contributed by atoms with van der Waals surface area (Å²) in [6, 6.07) is 0. The van der Waals surface area contributed by atoms with E-state index in [9.17, 15) is 4.79 Å². The largest absolute Gasteiger partial charge is 0.457 e. The lowest BCUT2D eigenvalue weighted by Crippen LogP contribution is -2.18. The molecular formula is C8H12N4O3. The Bertz CT molecular complexity index is 345. The van der Waals surface area contributed by atoms with E-state index >= 15 is 0 Å². The molecule has 7 heteroatoms. The maximum atomic E-state index is 11.3. The van der Waals surface area contributed by atoms with E-state index in [1.165, 1.54) is 0 Å². The van der Waals surface area contributed by atoms with Crippen LogP contribution in [0.25, 0.3) is 0 Å². The van der Waals surface area contributed by atoms with Crippen molar-refractivity contribution in [1.29, 1.82) is 0 Å². The van der Waals surface area contributed by atoms with Gasteiger partial charge in [0.15, 0.2) is 0 Å². The molecule has 1 fully saturated rings. The molecule has 1 aromatic rings. The number of hydrogen-bond donors (Lipinski definition) is 2. The van der Waals surface area contributed by atoms with Crippen LogP contribution in [0.2, 0.25) is 0 Å². The molecule has 1 aliphatic rings. The van der Waals surface area contributed by atoms with Gasteiger partial charge in [-0.1, -0.05) is 0 Å². The summed E-state index contributed by atoms with van der Waals surface area (Å²) < 4.78 is 10.3. The molecule has 1 unspecified atom stereocenters. The van der Waals surface area contributed by atoms with Gasteiger partial charge in [-0.3, -0.25) is 5.10 Å². The van der Waals surface area contributed by atoms with Crippen molar-refractivity contribution in [2.75, 3.05) is 18.9 Å². The van der Waals surface area contributed by atoms with Gasteiger partial charge in [0.05, 0.1) is 6.10 Å². The number of esters is 1. The molecule has 3 N–H and O–H groups in total. The van der Waals surface area contributed by atoms with E-state index < -0.39 is 5.97 Å². The number of carbonyl (C=O) groups excluding carboxylic acids is 1. The number of H-pyrrole nitrogens is 1. The van der Waals surface area contributed by atoms with Crippen molar-refractivity contribution in [3.05, 3.63) is 5.82 Å². The molecule has 1 aromatic heterocycles. The van der Waals surface area contributed by atoms with Crippen molar-refractivity contribution < 1.29 is 14.3 Å². The van der Waals surface area contributed by atoms with Gasteiger partial charge in [-0.15, -0.1) is 5.10 Å². The number of hydrogen-bond acceptors (Lipinski definition) is 6. The minimum Gasteiger partial charge on any atom is -0.457 e. The topological polar surface area (TPSA) is 103 Å². The molecule has 0 aliphatic carbocycles. The van der Waals surface area contributed by atoms with Crippen molar-refractivity contribution in [3.8, 4) is 0 Å². The third-order valence-corrected chi connectivity index (χ3v) is 2.12. The van der Waals surface area contributed by atoms with E-state index in [-0.39, 0.29) is 24.5 Å². The lowest BCUT2D eigenvalue weighted by molar-refractivity contribution is 0.0151. The molecule has 0 bridgehead atoms. The van der Waals surface area contributed by atoms with Gasteiger partial charge in [-0.25, -0.2) is 4.79 Å². The lowest BCUT2D eigenvalue weighted by atomic mass is 10.2. The van der Waals surface area contributed by atoms with Crippen LogP contribution >= 0.6 is 0 Å². The highest BCUT2D eigenvalue weighted by molar-refractivity contribution is 5.85. The predicted octanol–water partition coefficient (Wildman–Crippen LogP) is -0.277. The summed E-state index contributed by atoms with van der Waals surface area (Å²) in [5.41, 5.74) is 5.25. The highest BCUT2D eigenvalue weighted by atomic mass is 16.6. The van der Waals surface area contributed by atoms with Crippen LogP contribution in [0.5, 0.6) is 0 Å². The Morgan fingerprint density at radius 3 is 3.20 bits per heavy atom. The van der Waals surface area contributed by atoms with Gasteiger partial charge in [0, 0.05) is 6.61 Å². The Labute approximate surface area is 86.0 Å². The van der Waals surface area contributed by atoms with Crippen molar-refractivity contribution in [1.82, 2.24) is 15.2 Å². The molecule has 0 aromatic carbocycles. The second kappa shape index (κ2) is 4.26. The van der Waals surface area contributed by atoms with Crippen molar-refractivity contribution >= 4 is 11.9 Å². The number of carbonyl (C=O) groups is 1. The van der Waals surface area contributed by atoms with Crippen LogP contribution in [0.15, 0.2) is 0 Å². The maximum Gasteiger partial charge on any atom is 0.376 e. The number of aromatic nitrogens is 3. The summed E-state index contributed by atoms with van der Waals surface area (Å²) >= 11 is 0. The number of rotatable bonds is 3. The number of nitrogens with zero attached hydrogens (tertiary/aromatic N) is 2. The number of ether oxygens (including phenoxy) is 2. The van der Waals surface area contributed by atoms with Gasteiger partial charge >= 0.3 is 5.97 Å². The van der Waals surface area contributed by atoms with Crippen LogP contribution < -0.4 is 5.73 Å². The zero-order valence-electron chi connectivity index (χ0n) is 8.10. The summed E-state index contributed by atoms with van der Waals surface area (Å²) in [6.07, 6.45) is 1.94. The van der Waals surface area contributed by atoms with E-state index in [2.05, 4.69) is 15.2 Å². The fourth-order valence-electron chi connectivity index (χ4n) is 1.38. The highest BCUT2D eigenvalue weighted by Gasteiger charge is 2.19. The zero-order chi connectivity index (χ0) is 10.7. The molecule has 0 radical (unpaired) electrons. The molecule has 1 atom stereocenters. The summed E-state index contributed by atoms with van der Waals surface area (Å²) in [5.74, 6) is -0.515. The van der Waals surface area contributed by atoms with Crippen molar-refractivity contribution in [2.24, 2.45) is 0 Å². The summed E-state index contributed by atoms with van der Waals surface area (Å²) in [4.78, 5) is 15.0. The average Bonchev–Trinajstić information content (AvgIpc) is 2.84. The standard InChI is InChI=1S/C8H12N4O3/c9-8-10-6(11-12-8)7(13)15-4-5-2-1-3-14-5/h5H,1-4H2,(H3,9,10,11,12). The number of aromatic amines is 1. The van der Waals surface area contributed by atoms with Crippen molar-refractivity contribution in [3.63, 3.8) is 0 Å². The van der Waals surface area contributed by atoms with Crippen molar-refractivity contribution in [2.45, 2.75) is 18.9 Å². The van der Waals surface area contributed by atoms with Crippen LogP contribution in [-0.2, 0) is 9.47 Å². The van der Waals surface area contributed by atoms with Gasteiger partial charge in [-0.2, -0.15) is 4.98 Å². The van der Waals surface area contributed by atoms with E-state index in [0.717, 1.165) is 19.4 Å². The van der Waals surface area contributed by atoms with Crippen LogP contribution in [0, 0.1) is 0 Å². The second-order valence-electron chi connectivity index (χ2n) is 3.28. The molecule has 0 spiro atoms. The molecule has 15 heavy (non-hydrogen) atoms. The first kappa shape index (κ1) is 9.91. The van der Waals surface area contributed by atoms with Gasteiger partial charge < -0.3 is 15.2 Å². The van der Waals surface area contributed by atoms with Gasteiger partial charge in [-0.05, 0) is 12.8 Å². The zero-order valence-corrected chi connectivity index (χ0v) is 8.10. The Morgan fingerprint density at radius 1 is 1.73 bits per heavy atom. The number of nitrogens with two attached hydrogens (primary N) is 1. The Balaban J connectivity index is 1.81. The highest BCUT2D eigenvalue weighted by Crippen LogP contribution is 2.12. The molecule has 82 valence electrons. The fourth-order valence-corrected chi connectivity index (χ4v) is 1.38. The fraction of sp³-hybridized carbons (Fsp3) is 0.625. The summed E-state index contributed by atoms with van der Waals surface area (Å²) in [6.45, 7) is 0.983. The first-order chi connectivity index (χ1) is 7.25. The van der Waals surface area contributed by atoms with Crippen LogP contribution in [0.3, 0.4) is 0 Å². The SMILES string of the molecule is Nc1n[nH]c(C(=O)OCC2CCCO2)n1. The molecule has 1 aliphatic heterocycles. The number of nitrogen functional groups attached to an aromatic ring is 1. The Morgan fingerprint density at radius 2 is 2.60 bits per heavy atom. The smallest absolute Gasteiger partial charge is 0.376 e. The van der Waals surface area contributed by atoms with Gasteiger partial charge in [0.25, 0.3) is 0 Å². The molecule has 7 nitrogen and oxygen atoms in total. The third kappa shape index (κ3) is 2.44. The number of nitrogens with one attached hydrogen (secondary N) is 1. The predicted molar refractivity (Wildman–Crippen MR) is 50.1 cm³/mol. The van der Waals surface area contributed by atoms with E-state index in [4.69, 9.17) is 15.2 Å². The first-order valence-corrected chi connectivity index (χ1v) is 4.72. The van der Waals surface area contributed by atoms with E-state index in [1.807, 2.05) is 0 Å². The van der Waals surface area contributed by atoms with Crippen LogP contribution in [-0.4, -0.2) is 40.5 Å². The Hall–Kier alpha value is -1.63. The van der Waals surface area contributed by atoms with Crippen LogP contribution in [0.1, 0.15) is 23.5 Å². The summed E-state index contributed by atoms with van der Waals surface area (Å²) in [7, 11) is 0. The van der Waals surface area contributed by atoms with Gasteiger partial charge in [0.1, 0.15) is 6.61 Å². The first-order valence-electron chi connectivity index (χ1n) is 4.72. The maximum absolute atomic E-state index is 11.3. The number of anilines is 1. The Kier molecular flexibility index (Phi) is 2.82.